The Morgan fingerprint density at radius 1 is 1.07 bits per heavy atom. The van der Waals surface area contributed by atoms with Gasteiger partial charge in [0, 0.05) is 32.2 Å². The summed E-state index contributed by atoms with van der Waals surface area (Å²) in [5, 5.41) is 9.83. The molecule has 2 aromatic carbocycles. The van der Waals surface area contributed by atoms with Crippen LogP contribution in [0, 0.1) is 24.2 Å². The normalized spacial score (nSPS) is 16.8. The second-order valence-electron chi connectivity index (χ2n) is 10.8. The van der Waals surface area contributed by atoms with Crippen molar-refractivity contribution in [2.45, 2.75) is 32.6 Å². The molecule has 2 saturated heterocycles. The number of nitrogens with zero attached hydrogens (tertiary/aromatic N) is 4. The number of benzene rings is 2. The minimum absolute atomic E-state index is 0.0986. The van der Waals surface area contributed by atoms with Crippen molar-refractivity contribution in [1.29, 1.82) is 5.26 Å². The first-order valence-corrected chi connectivity index (χ1v) is 15.3. The summed E-state index contributed by atoms with van der Waals surface area (Å²) in [5.41, 5.74) is 3.52. The number of hydrogen-bond acceptors (Lipinski definition) is 7. The molecule has 0 spiro atoms. The molecule has 0 bridgehead atoms. The standard InChI is InChI=1S/C33H34N4O3S2/c1-22-27(20-29-32(39)37(33(41)42-29)18-15-23-9-11-26(40-3)12-10-23)30(35(2)31(38)28(22)21-34)36-16-13-25(14-17-36)19-24-7-5-4-6-8-24/h4-12,20,25H,13-19H2,1-3H3. The number of aromatic nitrogens is 1. The zero-order valence-electron chi connectivity index (χ0n) is 24.1. The van der Waals surface area contributed by atoms with Gasteiger partial charge in [0.1, 0.15) is 27.5 Å². The second-order valence-corrected chi connectivity index (χ2v) is 12.4. The van der Waals surface area contributed by atoms with E-state index in [1.54, 1.807) is 30.5 Å². The van der Waals surface area contributed by atoms with Crippen molar-refractivity contribution in [3.8, 4) is 11.8 Å². The van der Waals surface area contributed by atoms with Crippen LogP contribution < -0.4 is 15.2 Å². The zero-order chi connectivity index (χ0) is 29.8. The van der Waals surface area contributed by atoms with E-state index in [9.17, 15) is 14.9 Å². The zero-order valence-corrected chi connectivity index (χ0v) is 25.8. The molecule has 7 nitrogen and oxygen atoms in total. The molecule has 2 fully saturated rings. The Kier molecular flexibility index (Phi) is 9.15. The molecule has 0 aliphatic carbocycles. The minimum Gasteiger partial charge on any atom is -0.497 e. The number of pyridine rings is 1. The maximum Gasteiger partial charge on any atom is 0.270 e. The first-order valence-electron chi connectivity index (χ1n) is 14.1. The number of rotatable bonds is 8. The van der Waals surface area contributed by atoms with Crippen LogP contribution in [0.15, 0.2) is 64.3 Å². The van der Waals surface area contributed by atoms with Gasteiger partial charge in [-0.25, -0.2) is 0 Å². The summed E-state index contributed by atoms with van der Waals surface area (Å²) in [4.78, 5) is 31.1. The number of piperidine rings is 1. The number of anilines is 1. The lowest BCUT2D eigenvalue weighted by Gasteiger charge is -2.36. The molecular formula is C33H34N4O3S2. The van der Waals surface area contributed by atoms with Gasteiger partial charge in [0.25, 0.3) is 11.5 Å². The van der Waals surface area contributed by atoms with Gasteiger partial charge in [-0.2, -0.15) is 5.26 Å². The van der Waals surface area contributed by atoms with Gasteiger partial charge in [-0.05, 0) is 73.4 Å². The fourth-order valence-corrected chi connectivity index (χ4v) is 7.04. The van der Waals surface area contributed by atoms with Crippen LogP contribution in [0.3, 0.4) is 0 Å². The van der Waals surface area contributed by atoms with E-state index in [4.69, 9.17) is 17.0 Å². The Morgan fingerprint density at radius 2 is 1.76 bits per heavy atom. The van der Waals surface area contributed by atoms with E-state index in [1.165, 1.54) is 17.3 Å². The van der Waals surface area contributed by atoms with Crippen LogP contribution in [-0.2, 0) is 24.7 Å². The number of ether oxygens (including phenoxy) is 1. The number of carbonyl (C=O) groups excluding carboxylic acids is 1. The van der Waals surface area contributed by atoms with Crippen molar-refractivity contribution in [2.75, 3.05) is 31.6 Å². The van der Waals surface area contributed by atoms with Crippen molar-refractivity contribution in [3.05, 3.63) is 97.7 Å². The monoisotopic (exact) mass is 598 g/mol. The summed E-state index contributed by atoms with van der Waals surface area (Å²) in [6.07, 6.45) is 5.51. The quantitative estimate of drug-likeness (QED) is 0.251. The van der Waals surface area contributed by atoms with E-state index < -0.39 is 0 Å². The molecule has 5 rings (SSSR count). The Balaban J connectivity index is 1.39. The van der Waals surface area contributed by atoms with Gasteiger partial charge in [0.05, 0.1) is 12.0 Å². The average molecular weight is 599 g/mol. The average Bonchev–Trinajstić information content (AvgIpc) is 3.27. The molecule has 0 N–H and O–H groups in total. The lowest BCUT2D eigenvalue weighted by molar-refractivity contribution is -0.122. The van der Waals surface area contributed by atoms with E-state index >= 15 is 0 Å². The summed E-state index contributed by atoms with van der Waals surface area (Å²) in [6, 6.07) is 20.4. The SMILES string of the molecule is COc1ccc(CCN2C(=O)C(=Cc3c(C)c(C#N)c(=O)n(C)c3N3CCC(Cc4ccccc4)CC3)SC2=S)cc1. The van der Waals surface area contributed by atoms with E-state index in [1.807, 2.05) is 36.4 Å². The van der Waals surface area contributed by atoms with Gasteiger partial charge in [0.2, 0.25) is 0 Å². The smallest absolute Gasteiger partial charge is 0.270 e. The molecule has 3 heterocycles. The molecule has 2 aliphatic rings. The largest absolute Gasteiger partial charge is 0.497 e. The first kappa shape index (κ1) is 29.6. The van der Waals surface area contributed by atoms with Crippen molar-refractivity contribution >= 4 is 46.1 Å². The van der Waals surface area contributed by atoms with E-state index in [2.05, 4.69) is 35.2 Å². The first-order chi connectivity index (χ1) is 20.3. The summed E-state index contributed by atoms with van der Waals surface area (Å²) < 4.78 is 7.31. The molecule has 9 heteroatoms. The van der Waals surface area contributed by atoms with Crippen LogP contribution in [0.1, 0.15) is 40.7 Å². The molecule has 0 radical (unpaired) electrons. The van der Waals surface area contributed by atoms with Crippen molar-refractivity contribution < 1.29 is 9.53 Å². The number of carbonyl (C=O) groups is 1. The molecule has 1 amide bonds. The third-order valence-corrected chi connectivity index (χ3v) is 9.56. The number of hydrogen-bond donors (Lipinski definition) is 0. The van der Waals surface area contributed by atoms with E-state index in [0.29, 0.717) is 33.7 Å². The van der Waals surface area contributed by atoms with Crippen LogP contribution in [-0.4, -0.2) is 46.4 Å². The molecule has 216 valence electrons. The van der Waals surface area contributed by atoms with Gasteiger partial charge in [0.15, 0.2) is 0 Å². The van der Waals surface area contributed by atoms with Crippen LogP contribution in [0.2, 0.25) is 0 Å². The van der Waals surface area contributed by atoms with Crippen molar-refractivity contribution in [1.82, 2.24) is 9.47 Å². The highest BCUT2D eigenvalue weighted by Crippen LogP contribution is 2.37. The lowest BCUT2D eigenvalue weighted by atomic mass is 9.90. The summed E-state index contributed by atoms with van der Waals surface area (Å²) >= 11 is 6.87. The van der Waals surface area contributed by atoms with Gasteiger partial charge < -0.3 is 9.64 Å². The molecule has 2 aliphatic heterocycles. The Hall–Kier alpha value is -3.87. The Bertz CT molecular complexity index is 1620. The molecular weight excluding hydrogens is 565 g/mol. The number of methoxy groups -OCH3 is 1. The maximum atomic E-state index is 13.5. The van der Waals surface area contributed by atoms with Crippen molar-refractivity contribution in [2.24, 2.45) is 13.0 Å². The molecule has 42 heavy (non-hydrogen) atoms. The highest BCUT2D eigenvalue weighted by atomic mass is 32.2. The van der Waals surface area contributed by atoms with Crippen molar-refractivity contribution in [3.63, 3.8) is 0 Å². The summed E-state index contributed by atoms with van der Waals surface area (Å²) in [5.74, 6) is 1.94. The highest BCUT2D eigenvalue weighted by molar-refractivity contribution is 8.26. The summed E-state index contributed by atoms with van der Waals surface area (Å²) in [6.45, 7) is 3.84. The molecule has 0 atom stereocenters. The molecule has 0 unspecified atom stereocenters. The van der Waals surface area contributed by atoms with Crippen LogP contribution >= 0.6 is 24.0 Å². The number of nitriles is 1. The van der Waals surface area contributed by atoms with Gasteiger partial charge >= 0.3 is 0 Å². The van der Waals surface area contributed by atoms with E-state index in [0.717, 1.165) is 55.0 Å². The molecule has 3 aromatic rings. The fraction of sp³-hybridized carbons (Fsp3) is 0.333. The fourth-order valence-electron chi connectivity index (χ4n) is 5.75. The highest BCUT2D eigenvalue weighted by Gasteiger charge is 2.33. The number of thiocarbonyl (C=S) groups is 1. The number of thioether (sulfide) groups is 1. The predicted octanol–water partition coefficient (Wildman–Crippen LogP) is 5.48. The third kappa shape index (κ3) is 6.15. The van der Waals surface area contributed by atoms with Crippen LogP contribution in [0.5, 0.6) is 5.75 Å². The predicted molar refractivity (Wildman–Crippen MR) is 173 cm³/mol. The lowest BCUT2D eigenvalue weighted by Crippen LogP contribution is -2.39. The molecule has 1 aromatic heterocycles. The number of amides is 1. The van der Waals surface area contributed by atoms with Gasteiger partial charge in [-0.1, -0.05) is 66.4 Å². The Labute approximate surface area is 256 Å². The Morgan fingerprint density at radius 3 is 2.40 bits per heavy atom. The minimum atomic E-state index is -0.319. The third-order valence-electron chi connectivity index (χ3n) is 8.18. The van der Waals surface area contributed by atoms with E-state index in [-0.39, 0.29) is 17.0 Å². The second kappa shape index (κ2) is 13.0. The van der Waals surface area contributed by atoms with Gasteiger partial charge in [-0.3, -0.25) is 19.1 Å². The maximum absolute atomic E-state index is 13.5. The molecule has 0 saturated carbocycles. The van der Waals surface area contributed by atoms with Crippen LogP contribution in [0.25, 0.3) is 6.08 Å². The van der Waals surface area contributed by atoms with Gasteiger partial charge in [-0.15, -0.1) is 0 Å². The van der Waals surface area contributed by atoms with Crippen LogP contribution in [0.4, 0.5) is 5.82 Å². The topological polar surface area (TPSA) is 78.6 Å². The summed E-state index contributed by atoms with van der Waals surface area (Å²) in [7, 11) is 3.35.